The Labute approximate surface area is 445 Å². The third kappa shape index (κ3) is 18.6. The van der Waals surface area contributed by atoms with Crippen LogP contribution in [0.2, 0.25) is 0 Å². The molecule has 1 aliphatic rings. The van der Waals surface area contributed by atoms with Crippen LogP contribution in [0.25, 0.3) is 0 Å². The van der Waals surface area contributed by atoms with Crippen LogP contribution in [0.5, 0.6) is 0 Å². The van der Waals surface area contributed by atoms with Crippen LogP contribution in [0.1, 0.15) is 103 Å². The molecule has 404 valence electrons. The highest BCUT2D eigenvalue weighted by atomic mass is 16.7. The molecule has 5 aromatic rings. The largest absolute Gasteiger partial charge is 0.433 e. The standard InChI is InChI=1S/C33H41N3O5.C26H31N3O6/c1-6-27(32(40-21-24-15-9-7-10-16-24)41-22-25-17-11-8-12-18-25)35-29(37)23(2)34-30(38)31(39)36-28-20-14-13-19-26(28)33(3,4)5;1-16(27-23(32)24(33)28-19-13-9-8-12-18(19)26(2,3)4)22(31)29-20-14-21(30)35-25(20)34-15-17-10-6-5-7-11-17/h7-20,23,27,32H,6,21-22H2,1-5H3,(H,34,38)(H,35,37)(H,36,39);5-13,16,20,25H,14-15H2,1-4H3,(H,27,32)(H,28,33)(H,29,31)/t23-,27-;16-,20-,25?/m00/s1. The number of anilines is 2. The predicted octanol–water partition coefficient (Wildman–Crippen LogP) is 7.48. The quantitative estimate of drug-likeness (QED) is 0.0270. The number of hydrogen-bond donors (Lipinski definition) is 6. The highest BCUT2D eigenvalue weighted by Gasteiger charge is 2.38. The van der Waals surface area contributed by atoms with Crippen LogP contribution in [0.3, 0.4) is 0 Å². The molecule has 1 unspecified atom stereocenters. The molecule has 0 bridgehead atoms. The number of nitrogens with one attached hydrogen (secondary N) is 6. The highest BCUT2D eigenvalue weighted by molar-refractivity contribution is 6.40. The fourth-order valence-corrected chi connectivity index (χ4v) is 7.83. The average Bonchev–Trinajstić information content (AvgIpc) is 3.75. The molecule has 1 heterocycles. The van der Waals surface area contributed by atoms with E-state index in [1.807, 2.05) is 164 Å². The molecule has 6 N–H and O–H groups in total. The van der Waals surface area contributed by atoms with E-state index >= 15 is 0 Å². The van der Waals surface area contributed by atoms with E-state index in [1.165, 1.54) is 13.8 Å². The second-order valence-corrected chi connectivity index (χ2v) is 20.3. The van der Waals surface area contributed by atoms with E-state index in [-0.39, 0.29) is 23.9 Å². The van der Waals surface area contributed by atoms with Crippen LogP contribution in [0.4, 0.5) is 11.4 Å². The molecule has 17 heteroatoms. The number of carbonyl (C=O) groups excluding carboxylic acids is 7. The zero-order valence-corrected chi connectivity index (χ0v) is 44.8. The molecule has 1 aliphatic heterocycles. The van der Waals surface area contributed by atoms with Crippen LogP contribution in [0, 0.1) is 0 Å². The van der Waals surface area contributed by atoms with Crippen molar-refractivity contribution in [2.45, 2.75) is 143 Å². The fraction of sp³-hybridized carbons (Fsp3) is 0.373. The summed E-state index contributed by atoms with van der Waals surface area (Å²) in [5, 5.41) is 15.8. The number of amides is 6. The van der Waals surface area contributed by atoms with E-state index in [0.29, 0.717) is 31.0 Å². The van der Waals surface area contributed by atoms with Gasteiger partial charge in [-0.3, -0.25) is 33.6 Å². The Balaban J connectivity index is 0.000000284. The first kappa shape index (κ1) is 59.2. The first-order valence-electron chi connectivity index (χ1n) is 25.3. The Bertz CT molecular complexity index is 2680. The first-order chi connectivity index (χ1) is 36.1. The maximum absolute atomic E-state index is 13.1. The third-order valence-corrected chi connectivity index (χ3v) is 12.0. The zero-order chi connectivity index (χ0) is 55.4. The molecule has 5 aromatic carbocycles. The van der Waals surface area contributed by atoms with Crippen molar-refractivity contribution in [3.8, 4) is 0 Å². The summed E-state index contributed by atoms with van der Waals surface area (Å²) in [7, 11) is 0. The van der Waals surface area contributed by atoms with Crippen molar-refractivity contribution in [2.24, 2.45) is 0 Å². The number of rotatable bonds is 19. The maximum atomic E-state index is 13.1. The lowest BCUT2D eigenvalue weighted by Gasteiger charge is -2.29. The Morgan fingerprint density at radius 2 is 0.934 bits per heavy atom. The van der Waals surface area contributed by atoms with Gasteiger partial charge in [-0.15, -0.1) is 0 Å². The van der Waals surface area contributed by atoms with E-state index in [0.717, 1.165) is 27.8 Å². The first-order valence-corrected chi connectivity index (χ1v) is 25.3. The van der Waals surface area contributed by atoms with Gasteiger partial charge in [-0.25, -0.2) is 0 Å². The topological polar surface area (TPSA) is 229 Å². The molecule has 1 saturated heterocycles. The second-order valence-electron chi connectivity index (χ2n) is 20.3. The third-order valence-electron chi connectivity index (χ3n) is 12.0. The summed E-state index contributed by atoms with van der Waals surface area (Å²) in [5.74, 6) is -5.11. The summed E-state index contributed by atoms with van der Waals surface area (Å²) in [4.78, 5) is 87.8. The number of carbonyl (C=O) groups is 7. The predicted molar refractivity (Wildman–Crippen MR) is 289 cm³/mol. The minimum Gasteiger partial charge on any atom is -0.433 e. The summed E-state index contributed by atoms with van der Waals surface area (Å²) in [5.41, 5.74) is 5.21. The van der Waals surface area contributed by atoms with Gasteiger partial charge in [0.1, 0.15) is 18.1 Å². The molecular weight excluding hydrogens is 969 g/mol. The maximum Gasteiger partial charge on any atom is 0.313 e. The van der Waals surface area contributed by atoms with Crippen LogP contribution in [-0.4, -0.2) is 78.2 Å². The van der Waals surface area contributed by atoms with Crippen molar-refractivity contribution < 1.29 is 52.5 Å². The molecule has 0 spiro atoms. The number of hydrogen-bond acceptors (Lipinski definition) is 11. The van der Waals surface area contributed by atoms with Gasteiger partial charge in [0.05, 0.1) is 32.3 Å². The summed E-state index contributed by atoms with van der Waals surface area (Å²) < 4.78 is 23.1. The van der Waals surface area contributed by atoms with Crippen LogP contribution in [0.15, 0.2) is 140 Å². The van der Waals surface area contributed by atoms with Crippen molar-refractivity contribution in [1.29, 1.82) is 0 Å². The van der Waals surface area contributed by atoms with Crippen molar-refractivity contribution in [1.82, 2.24) is 21.3 Å². The van der Waals surface area contributed by atoms with Gasteiger partial charge in [0, 0.05) is 11.4 Å². The number of para-hydroxylation sites is 2. The molecule has 6 amide bonds. The van der Waals surface area contributed by atoms with Crippen molar-refractivity contribution in [2.75, 3.05) is 10.6 Å². The van der Waals surface area contributed by atoms with E-state index in [1.54, 1.807) is 24.3 Å². The van der Waals surface area contributed by atoms with Crippen LogP contribution in [-0.2, 0) is 83.2 Å². The van der Waals surface area contributed by atoms with Gasteiger partial charge >= 0.3 is 29.6 Å². The SMILES string of the molecule is CC[C@H](NC(=O)[C@H](C)NC(=O)C(=O)Nc1ccccc1C(C)(C)C)C(OCc1ccccc1)OCc1ccccc1.C[C@H](NC(=O)C(=O)Nc1ccccc1C(C)(C)C)C(=O)N[C@H]1CC(=O)OC1OCc1ccccc1. The van der Waals surface area contributed by atoms with Gasteiger partial charge in [-0.2, -0.15) is 0 Å². The molecule has 6 rings (SSSR count). The van der Waals surface area contributed by atoms with E-state index < -0.39 is 78.2 Å². The smallest absolute Gasteiger partial charge is 0.313 e. The van der Waals surface area contributed by atoms with E-state index in [9.17, 15) is 33.6 Å². The number of ether oxygens (including phenoxy) is 4. The molecule has 0 radical (unpaired) electrons. The highest BCUT2D eigenvalue weighted by Crippen LogP contribution is 2.30. The molecular formula is C59H72N6O11. The molecule has 0 aliphatic carbocycles. The van der Waals surface area contributed by atoms with E-state index in [4.69, 9.17) is 18.9 Å². The minimum atomic E-state index is -1.03. The Hall–Kier alpha value is -7.73. The van der Waals surface area contributed by atoms with Gasteiger partial charge in [-0.1, -0.05) is 176 Å². The molecule has 5 atom stereocenters. The summed E-state index contributed by atoms with van der Waals surface area (Å²) in [6, 6.07) is 40.1. The van der Waals surface area contributed by atoms with Crippen molar-refractivity contribution >= 4 is 52.8 Å². The molecule has 0 aromatic heterocycles. The van der Waals surface area contributed by atoms with Crippen LogP contribution >= 0.6 is 0 Å². The van der Waals surface area contributed by atoms with Gasteiger partial charge in [0.15, 0.2) is 6.29 Å². The Morgan fingerprint density at radius 1 is 0.539 bits per heavy atom. The monoisotopic (exact) mass is 1040 g/mol. The number of benzene rings is 5. The van der Waals surface area contributed by atoms with Crippen LogP contribution < -0.4 is 31.9 Å². The minimum absolute atomic E-state index is 0.0596. The summed E-state index contributed by atoms with van der Waals surface area (Å²) in [6.07, 6.45) is -1.24. The van der Waals surface area contributed by atoms with Gasteiger partial charge in [-0.05, 0) is 71.0 Å². The average molecular weight is 1040 g/mol. The molecule has 1 fully saturated rings. The van der Waals surface area contributed by atoms with Gasteiger partial charge in [0.2, 0.25) is 18.1 Å². The van der Waals surface area contributed by atoms with Gasteiger partial charge in [0.25, 0.3) is 0 Å². The van der Waals surface area contributed by atoms with Crippen molar-refractivity contribution in [3.05, 3.63) is 167 Å². The second kappa shape index (κ2) is 28.2. The van der Waals surface area contributed by atoms with Crippen molar-refractivity contribution in [3.63, 3.8) is 0 Å². The summed E-state index contributed by atoms with van der Waals surface area (Å²) >= 11 is 0. The Morgan fingerprint density at radius 3 is 1.36 bits per heavy atom. The zero-order valence-electron chi connectivity index (χ0n) is 44.8. The fourth-order valence-electron chi connectivity index (χ4n) is 7.83. The number of cyclic esters (lactones) is 1. The molecule has 0 saturated carbocycles. The normalized spacial score (nSPS) is 15.4. The van der Waals surface area contributed by atoms with Gasteiger partial charge < -0.3 is 50.8 Å². The lowest BCUT2D eigenvalue weighted by atomic mass is 9.86. The Kier molecular flexibility index (Phi) is 22.0. The van der Waals surface area contributed by atoms with E-state index in [2.05, 4.69) is 31.9 Å². The lowest BCUT2D eigenvalue weighted by molar-refractivity contribution is -0.176. The number of esters is 1. The molecule has 76 heavy (non-hydrogen) atoms. The summed E-state index contributed by atoms with van der Waals surface area (Å²) in [6.45, 7) is 17.8. The molecule has 17 nitrogen and oxygen atoms in total. The lowest BCUT2D eigenvalue weighted by Crippen LogP contribution is -2.53.